The quantitative estimate of drug-likeness (QED) is 0.758. The van der Waals surface area contributed by atoms with E-state index in [0.29, 0.717) is 28.7 Å². The highest BCUT2D eigenvalue weighted by Gasteiger charge is 2.30. The summed E-state index contributed by atoms with van der Waals surface area (Å²) in [6, 6.07) is 5.34. The molecule has 0 unspecified atom stereocenters. The van der Waals surface area contributed by atoms with Gasteiger partial charge in [-0.3, -0.25) is 4.79 Å². The van der Waals surface area contributed by atoms with Gasteiger partial charge in [0.1, 0.15) is 0 Å². The van der Waals surface area contributed by atoms with Crippen LogP contribution >= 0.6 is 11.6 Å². The third-order valence-corrected chi connectivity index (χ3v) is 4.04. The molecule has 1 heterocycles. The third kappa shape index (κ3) is 3.86. The van der Waals surface area contributed by atoms with E-state index in [-0.39, 0.29) is 5.91 Å². The van der Waals surface area contributed by atoms with E-state index in [9.17, 15) is 4.79 Å². The number of hydrogen-bond donors (Lipinski definition) is 2. The number of hydrogen-bond acceptors (Lipinski definition) is 5. The zero-order chi connectivity index (χ0) is 16.2. The Morgan fingerprint density at radius 3 is 3.00 bits per heavy atom. The van der Waals surface area contributed by atoms with Crippen LogP contribution in [-0.2, 0) is 4.79 Å². The van der Waals surface area contributed by atoms with Gasteiger partial charge in [0.05, 0.1) is 10.7 Å². The number of anilines is 1. The first kappa shape index (κ1) is 15.9. The Balaban J connectivity index is 1.76. The molecule has 7 nitrogen and oxygen atoms in total. The Labute approximate surface area is 139 Å². The summed E-state index contributed by atoms with van der Waals surface area (Å²) in [4.78, 5) is 11.9. The summed E-state index contributed by atoms with van der Waals surface area (Å²) in [6.45, 7) is 0.814. The van der Waals surface area contributed by atoms with E-state index in [0.717, 1.165) is 31.6 Å². The van der Waals surface area contributed by atoms with Gasteiger partial charge in [0.2, 0.25) is 5.91 Å². The fourth-order valence-electron chi connectivity index (χ4n) is 2.36. The van der Waals surface area contributed by atoms with Crippen LogP contribution in [0.5, 0.6) is 0 Å². The van der Waals surface area contributed by atoms with Crippen molar-refractivity contribution >= 4 is 23.2 Å². The summed E-state index contributed by atoms with van der Waals surface area (Å²) < 4.78 is 1.66. The molecule has 1 aliphatic carbocycles. The van der Waals surface area contributed by atoms with Crippen molar-refractivity contribution in [1.82, 2.24) is 25.5 Å². The second-order valence-corrected chi connectivity index (χ2v) is 6.05. The summed E-state index contributed by atoms with van der Waals surface area (Å²) in [7, 11) is 1.87. The number of nitrogens with zero attached hydrogens (tertiary/aromatic N) is 4. The monoisotopic (exact) mass is 334 g/mol. The van der Waals surface area contributed by atoms with Crippen LogP contribution in [0, 0.1) is 0 Å². The second kappa shape index (κ2) is 7.06. The van der Waals surface area contributed by atoms with Crippen molar-refractivity contribution < 1.29 is 4.79 Å². The normalized spacial score (nSPS) is 14.0. The molecule has 0 spiro atoms. The van der Waals surface area contributed by atoms with Crippen LogP contribution in [0.3, 0.4) is 0 Å². The zero-order valence-corrected chi connectivity index (χ0v) is 13.7. The molecule has 3 rings (SSSR count). The maximum Gasteiger partial charge on any atom is 0.224 e. The molecule has 2 aromatic rings. The first-order valence-electron chi connectivity index (χ1n) is 7.71. The largest absolute Gasteiger partial charge is 0.326 e. The summed E-state index contributed by atoms with van der Waals surface area (Å²) >= 11 is 6.29. The van der Waals surface area contributed by atoms with Crippen LogP contribution in [0.4, 0.5) is 5.69 Å². The maximum atomic E-state index is 11.9. The number of rotatable bonds is 7. The molecule has 1 aromatic heterocycles. The molecule has 2 N–H and O–H groups in total. The lowest BCUT2D eigenvalue weighted by molar-refractivity contribution is -0.116. The van der Waals surface area contributed by atoms with Crippen LogP contribution in [-0.4, -0.2) is 39.7 Å². The highest BCUT2D eigenvalue weighted by Crippen LogP contribution is 2.39. The highest BCUT2D eigenvalue weighted by atomic mass is 35.5. The van der Waals surface area contributed by atoms with Gasteiger partial charge in [0.25, 0.3) is 0 Å². The lowest BCUT2D eigenvalue weighted by Crippen LogP contribution is -2.15. The van der Waals surface area contributed by atoms with Crippen molar-refractivity contribution in [3.8, 4) is 5.69 Å². The number of carbonyl (C=O) groups excluding carboxylic acids is 1. The highest BCUT2D eigenvalue weighted by molar-refractivity contribution is 6.32. The molecule has 1 fully saturated rings. The van der Waals surface area contributed by atoms with Gasteiger partial charge in [-0.1, -0.05) is 11.6 Å². The topological polar surface area (TPSA) is 84.7 Å². The Bertz CT molecular complexity index is 697. The molecule has 0 aliphatic heterocycles. The summed E-state index contributed by atoms with van der Waals surface area (Å²) in [5.41, 5.74) is 1.38. The number of amides is 1. The fraction of sp³-hybridized carbons (Fsp3) is 0.467. The molecule has 0 atom stereocenters. The van der Waals surface area contributed by atoms with Crippen LogP contribution in [0.15, 0.2) is 18.2 Å². The van der Waals surface area contributed by atoms with Crippen molar-refractivity contribution in [1.29, 1.82) is 0 Å². The van der Waals surface area contributed by atoms with Gasteiger partial charge in [-0.2, -0.15) is 4.68 Å². The van der Waals surface area contributed by atoms with Crippen LogP contribution < -0.4 is 10.6 Å². The van der Waals surface area contributed by atoms with E-state index in [1.807, 2.05) is 7.05 Å². The molecule has 8 heteroatoms. The number of carbonyl (C=O) groups is 1. The average molecular weight is 335 g/mol. The molecule has 0 bridgehead atoms. The van der Waals surface area contributed by atoms with E-state index in [2.05, 4.69) is 26.2 Å². The molecule has 0 saturated heterocycles. The SMILES string of the molecule is CNCCCC(=O)Nc1ccc(Cl)c(-n2nnnc2C2CC2)c1. The first-order chi connectivity index (χ1) is 11.2. The first-order valence-corrected chi connectivity index (χ1v) is 8.09. The van der Waals surface area contributed by atoms with Gasteiger partial charge < -0.3 is 10.6 Å². The minimum absolute atomic E-state index is 0.0207. The number of benzene rings is 1. The lowest BCUT2D eigenvalue weighted by atomic mass is 10.2. The van der Waals surface area contributed by atoms with E-state index in [4.69, 9.17) is 11.6 Å². The van der Waals surface area contributed by atoms with Gasteiger partial charge in [-0.05, 0) is 61.5 Å². The van der Waals surface area contributed by atoms with Crippen molar-refractivity contribution in [2.24, 2.45) is 0 Å². The average Bonchev–Trinajstić information content (AvgIpc) is 3.27. The maximum absolute atomic E-state index is 11.9. The number of halogens is 1. The van der Waals surface area contributed by atoms with E-state index in [1.54, 1.807) is 22.9 Å². The minimum atomic E-state index is -0.0207. The molecule has 1 aliphatic rings. The molecule has 122 valence electrons. The van der Waals surface area contributed by atoms with Crippen LogP contribution in [0.25, 0.3) is 5.69 Å². The smallest absolute Gasteiger partial charge is 0.224 e. The molecular weight excluding hydrogens is 316 g/mol. The summed E-state index contributed by atoms with van der Waals surface area (Å²) in [6.07, 6.45) is 3.46. The van der Waals surface area contributed by atoms with E-state index < -0.39 is 0 Å². The number of aromatic nitrogens is 4. The van der Waals surface area contributed by atoms with Crippen LogP contribution in [0.2, 0.25) is 5.02 Å². The van der Waals surface area contributed by atoms with Gasteiger partial charge in [-0.25, -0.2) is 0 Å². The van der Waals surface area contributed by atoms with Crippen molar-refractivity contribution in [3.05, 3.63) is 29.0 Å². The molecule has 1 amide bonds. The molecular formula is C15H19ClN6O. The predicted molar refractivity (Wildman–Crippen MR) is 87.9 cm³/mol. The molecule has 1 saturated carbocycles. The zero-order valence-electron chi connectivity index (χ0n) is 12.9. The van der Waals surface area contributed by atoms with Gasteiger partial charge in [-0.15, -0.1) is 5.10 Å². The molecule has 23 heavy (non-hydrogen) atoms. The van der Waals surface area contributed by atoms with Gasteiger partial charge in [0, 0.05) is 18.0 Å². The Kier molecular flexibility index (Phi) is 4.88. The van der Waals surface area contributed by atoms with Gasteiger partial charge in [0.15, 0.2) is 5.82 Å². The lowest BCUT2D eigenvalue weighted by Gasteiger charge is -2.10. The standard InChI is InChI=1S/C15H19ClN6O/c1-17-8-2-3-14(23)18-11-6-7-12(16)13(9-11)22-15(10-4-5-10)19-20-21-22/h6-7,9-10,17H,2-5,8H2,1H3,(H,18,23). The van der Waals surface area contributed by atoms with Crippen molar-refractivity contribution in [3.63, 3.8) is 0 Å². The predicted octanol–water partition coefficient (Wildman–Crippen LogP) is 2.13. The van der Waals surface area contributed by atoms with Crippen molar-refractivity contribution in [2.75, 3.05) is 18.9 Å². The Hall–Kier alpha value is -1.99. The number of nitrogens with one attached hydrogen (secondary N) is 2. The van der Waals surface area contributed by atoms with Gasteiger partial charge >= 0.3 is 0 Å². The summed E-state index contributed by atoms with van der Waals surface area (Å²) in [5, 5.41) is 18.3. The van der Waals surface area contributed by atoms with Crippen molar-refractivity contribution in [2.45, 2.75) is 31.6 Å². The minimum Gasteiger partial charge on any atom is -0.326 e. The second-order valence-electron chi connectivity index (χ2n) is 5.64. The van der Waals surface area contributed by atoms with E-state index in [1.165, 1.54) is 0 Å². The Morgan fingerprint density at radius 2 is 2.26 bits per heavy atom. The van der Waals surface area contributed by atoms with Crippen LogP contribution in [0.1, 0.15) is 37.4 Å². The summed E-state index contributed by atoms with van der Waals surface area (Å²) in [5.74, 6) is 1.21. The molecule has 0 radical (unpaired) electrons. The number of tetrazole rings is 1. The Morgan fingerprint density at radius 1 is 1.43 bits per heavy atom. The molecule has 1 aromatic carbocycles. The fourth-order valence-corrected chi connectivity index (χ4v) is 2.56. The van der Waals surface area contributed by atoms with E-state index >= 15 is 0 Å². The third-order valence-electron chi connectivity index (χ3n) is 3.72.